The fourth-order valence-corrected chi connectivity index (χ4v) is 3.59. The highest BCUT2D eigenvalue weighted by molar-refractivity contribution is 7.99. The summed E-state index contributed by atoms with van der Waals surface area (Å²) in [5.41, 5.74) is 2.32. The van der Waals surface area contributed by atoms with Gasteiger partial charge in [-0.1, -0.05) is 23.9 Å². The summed E-state index contributed by atoms with van der Waals surface area (Å²) in [7, 11) is 0. The number of allylic oxidation sites excluding steroid dienone is 1. The Morgan fingerprint density at radius 3 is 3.04 bits per heavy atom. The highest BCUT2D eigenvalue weighted by atomic mass is 32.2. The van der Waals surface area contributed by atoms with Gasteiger partial charge in [0.25, 0.3) is 5.22 Å². The molecule has 2 N–H and O–H groups in total. The molecule has 3 rings (SSSR count). The van der Waals surface area contributed by atoms with Crippen molar-refractivity contribution in [2.75, 3.05) is 19.0 Å². The number of carbonyl (C=O) groups excluding carboxylic acids is 1. The van der Waals surface area contributed by atoms with E-state index in [0.717, 1.165) is 11.1 Å². The van der Waals surface area contributed by atoms with E-state index in [-0.39, 0.29) is 12.2 Å². The third-order valence-electron chi connectivity index (χ3n) is 3.75. The summed E-state index contributed by atoms with van der Waals surface area (Å²) in [5, 5.41) is 6.43. The Morgan fingerprint density at radius 1 is 1.46 bits per heavy atom. The molecule has 0 spiro atoms. The molecule has 2 aromatic rings. The summed E-state index contributed by atoms with van der Waals surface area (Å²) in [6, 6.07) is 6.78. The van der Waals surface area contributed by atoms with Crippen LogP contribution in [0.4, 0.5) is 4.39 Å². The van der Waals surface area contributed by atoms with E-state index in [9.17, 15) is 9.18 Å². The highest BCUT2D eigenvalue weighted by Crippen LogP contribution is 2.23. The van der Waals surface area contributed by atoms with Crippen LogP contribution < -0.4 is 10.6 Å². The molecule has 1 atom stereocenters. The Kier molecular flexibility index (Phi) is 6.10. The Morgan fingerprint density at radius 2 is 2.27 bits per heavy atom. The summed E-state index contributed by atoms with van der Waals surface area (Å²) < 4.78 is 24.0. The Labute approximate surface area is 159 Å². The number of nitrogens with zero attached hydrogens (tertiary/aromatic N) is 1. The van der Waals surface area contributed by atoms with Crippen LogP contribution in [0.15, 0.2) is 45.2 Å². The molecule has 0 aliphatic carbocycles. The lowest BCUT2D eigenvalue weighted by Crippen LogP contribution is -2.50. The second-order valence-electron chi connectivity index (χ2n) is 5.63. The topological polar surface area (TPSA) is 76.4 Å². The maximum Gasteiger partial charge on any atom is 0.337 e. The molecule has 1 aliphatic rings. The van der Waals surface area contributed by atoms with Gasteiger partial charge in [0.15, 0.2) is 10.7 Å². The molecule has 1 aromatic heterocycles. The number of rotatable bonds is 7. The summed E-state index contributed by atoms with van der Waals surface area (Å²) >= 11 is 6.42. The van der Waals surface area contributed by atoms with E-state index >= 15 is 0 Å². The van der Waals surface area contributed by atoms with Crippen molar-refractivity contribution >= 4 is 46.2 Å². The zero-order valence-corrected chi connectivity index (χ0v) is 15.7. The van der Waals surface area contributed by atoms with Crippen molar-refractivity contribution in [1.82, 2.24) is 15.6 Å². The van der Waals surface area contributed by atoms with Crippen LogP contribution >= 0.6 is 24.0 Å². The number of esters is 1. The van der Waals surface area contributed by atoms with E-state index in [2.05, 4.69) is 15.6 Å². The molecule has 0 saturated carbocycles. The van der Waals surface area contributed by atoms with Crippen molar-refractivity contribution in [2.45, 2.75) is 24.6 Å². The molecule has 1 unspecified atom stereocenters. The standard InChI is InChI=1S/C17H18FN3O3S2/c1-10-14(12(9-18)20-16(25)19-10)15(22)23-7-4-8-26-17-21-11-5-2-3-6-13(11)24-17/h2-3,5-6,12H,4,7-9H2,1H3,(H2,19,20,25). The first-order valence-electron chi connectivity index (χ1n) is 8.08. The van der Waals surface area contributed by atoms with Gasteiger partial charge >= 0.3 is 5.97 Å². The third kappa shape index (κ3) is 4.34. The van der Waals surface area contributed by atoms with Crippen LogP contribution in [-0.4, -0.2) is 41.1 Å². The average Bonchev–Trinajstić information content (AvgIpc) is 3.03. The first-order chi connectivity index (χ1) is 12.6. The van der Waals surface area contributed by atoms with Crippen molar-refractivity contribution in [2.24, 2.45) is 0 Å². The second-order valence-corrected chi connectivity index (χ2v) is 7.08. The van der Waals surface area contributed by atoms with Gasteiger partial charge in [0.1, 0.15) is 12.2 Å². The molecule has 0 saturated heterocycles. The van der Waals surface area contributed by atoms with E-state index in [0.29, 0.717) is 28.2 Å². The Balaban J connectivity index is 1.46. The normalized spacial score (nSPS) is 17.2. The number of nitrogens with one attached hydrogen (secondary N) is 2. The van der Waals surface area contributed by atoms with E-state index in [4.69, 9.17) is 21.4 Å². The SMILES string of the molecule is CC1=C(C(=O)OCCCSc2nc3ccccc3o2)C(CF)NC(=S)N1. The average molecular weight is 395 g/mol. The molecule has 6 nitrogen and oxygen atoms in total. The van der Waals surface area contributed by atoms with Crippen LogP contribution in [0.2, 0.25) is 0 Å². The molecule has 0 bridgehead atoms. The molecule has 0 amide bonds. The van der Waals surface area contributed by atoms with E-state index in [1.165, 1.54) is 11.8 Å². The molecule has 138 valence electrons. The predicted molar refractivity (Wildman–Crippen MR) is 102 cm³/mol. The number of oxazole rings is 1. The second kappa shape index (κ2) is 8.50. The molecular formula is C17H18FN3O3S2. The Hall–Kier alpha value is -2.13. The fraction of sp³-hybridized carbons (Fsp3) is 0.353. The predicted octanol–water partition coefficient (Wildman–Crippen LogP) is 2.94. The van der Waals surface area contributed by atoms with E-state index < -0.39 is 18.7 Å². The molecular weight excluding hydrogens is 377 g/mol. The Bertz CT molecular complexity index is 820. The van der Waals surface area contributed by atoms with Gasteiger partial charge in [-0.05, 0) is 37.7 Å². The number of hydrogen-bond acceptors (Lipinski definition) is 6. The maximum absolute atomic E-state index is 13.1. The van der Waals surface area contributed by atoms with Crippen LogP contribution in [0.25, 0.3) is 11.1 Å². The zero-order chi connectivity index (χ0) is 18.5. The van der Waals surface area contributed by atoms with Gasteiger partial charge in [0, 0.05) is 11.4 Å². The minimum absolute atomic E-state index is 0.228. The quantitative estimate of drug-likeness (QED) is 0.321. The van der Waals surface area contributed by atoms with Crippen LogP contribution in [0, 0.1) is 0 Å². The molecule has 1 aromatic carbocycles. The van der Waals surface area contributed by atoms with Gasteiger partial charge in [-0.2, -0.15) is 0 Å². The van der Waals surface area contributed by atoms with Gasteiger partial charge in [-0.25, -0.2) is 14.2 Å². The monoisotopic (exact) mass is 395 g/mol. The number of fused-ring (bicyclic) bond motifs is 1. The number of alkyl halides is 1. The van der Waals surface area contributed by atoms with Gasteiger partial charge in [0.2, 0.25) is 0 Å². The van der Waals surface area contributed by atoms with Crippen LogP contribution in [0.3, 0.4) is 0 Å². The van der Waals surface area contributed by atoms with Crippen molar-refractivity contribution in [3.05, 3.63) is 35.5 Å². The number of benzene rings is 1. The van der Waals surface area contributed by atoms with Gasteiger partial charge in [-0.15, -0.1) is 0 Å². The van der Waals surface area contributed by atoms with E-state index in [1.54, 1.807) is 6.92 Å². The van der Waals surface area contributed by atoms with Gasteiger partial charge in [0.05, 0.1) is 18.2 Å². The van der Waals surface area contributed by atoms with Gasteiger partial charge < -0.3 is 19.8 Å². The molecule has 9 heteroatoms. The van der Waals surface area contributed by atoms with Crippen molar-refractivity contribution in [3.8, 4) is 0 Å². The summed E-state index contributed by atoms with van der Waals surface area (Å²) in [4.78, 5) is 16.6. The fourth-order valence-electron chi connectivity index (χ4n) is 2.55. The van der Waals surface area contributed by atoms with Crippen LogP contribution in [0.1, 0.15) is 13.3 Å². The molecule has 26 heavy (non-hydrogen) atoms. The lowest BCUT2D eigenvalue weighted by molar-refractivity contribution is -0.139. The van der Waals surface area contributed by atoms with Crippen molar-refractivity contribution in [3.63, 3.8) is 0 Å². The number of thiocarbonyl (C=S) groups is 1. The number of ether oxygens (including phenoxy) is 1. The van der Waals surface area contributed by atoms with Crippen LogP contribution in [0.5, 0.6) is 0 Å². The zero-order valence-electron chi connectivity index (χ0n) is 14.1. The maximum atomic E-state index is 13.1. The first-order valence-corrected chi connectivity index (χ1v) is 9.47. The minimum Gasteiger partial charge on any atom is -0.462 e. The number of thioether (sulfide) groups is 1. The summed E-state index contributed by atoms with van der Waals surface area (Å²) in [5.74, 6) is 0.144. The number of para-hydroxylation sites is 2. The molecule has 0 radical (unpaired) electrons. The molecule has 1 aliphatic heterocycles. The smallest absolute Gasteiger partial charge is 0.337 e. The first kappa shape index (κ1) is 18.7. The lowest BCUT2D eigenvalue weighted by atomic mass is 10.0. The third-order valence-corrected chi connectivity index (χ3v) is 4.89. The highest BCUT2D eigenvalue weighted by Gasteiger charge is 2.29. The van der Waals surface area contributed by atoms with Crippen molar-refractivity contribution < 1.29 is 18.3 Å². The van der Waals surface area contributed by atoms with Crippen LogP contribution in [-0.2, 0) is 9.53 Å². The minimum atomic E-state index is -0.773. The van der Waals surface area contributed by atoms with Crippen molar-refractivity contribution in [1.29, 1.82) is 0 Å². The van der Waals surface area contributed by atoms with Gasteiger partial charge in [-0.3, -0.25) is 0 Å². The number of carbonyl (C=O) groups is 1. The summed E-state index contributed by atoms with van der Waals surface area (Å²) in [6.07, 6.45) is 0.626. The molecule has 2 heterocycles. The van der Waals surface area contributed by atoms with E-state index in [1.807, 2.05) is 24.3 Å². The molecule has 0 fully saturated rings. The number of aromatic nitrogens is 1. The number of halogens is 1. The number of hydrogen-bond donors (Lipinski definition) is 2. The lowest BCUT2D eigenvalue weighted by Gasteiger charge is -2.27. The largest absolute Gasteiger partial charge is 0.462 e. The summed E-state index contributed by atoms with van der Waals surface area (Å²) in [6.45, 7) is 1.17.